The van der Waals surface area contributed by atoms with E-state index in [9.17, 15) is 4.79 Å². The van der Waals surface area contributed by atoms with Gasteiger partial charge in [0.2, 0.25) is 0 Å². The summed E-state index contributed by atoms with van der Waals surface area (Å²) in [5, 5.41) is 0. The molecule has 0 aliphatic rings. The molecule has 0 fully saturated rings. The average molecular weight is 158 g/mol. The summed E-state index contributed by atoms with van der Waals surface area (Å²) in [6.45, 7) is 2.37. The minimum Gasteiger partial charge on any atom is -0.326 e. The van der Waals surface area contributed by atoms with Gasteiger partial charge in [-0.3, -0.25) is 4.79 Å². The maximum atomic E-state index is 10.9. The summed E-state index contributed by atoms with van der Waals surface area (Å²) in [5.74, 6) is 0. The van der Waals surface area contributed by atoms with Crippen molar-refractivity contribution in [2.45, 2.75) is 13.5 Å². The van der Waals surface area contributed by atoms with Gasteiger partial charge in [0, 0.05) is 24.2 Å². The third-order valence-corrected chi connectivity index (χ3v) is 2.73. The van der Waals surface area contributed by atoms with Gasteiger partial charge in [-0.05, 0) is 6.92 Å². The molecule has 0 radical (unpaired) electrons. The summed E-state index contributed by atoms with van der Waals surface area (Å²) in [6.07, 6.45) is 0. The molecule has 1 aromatic rings. The van der Waals surface area contributed by atoms with E-state index in [1.165, 1.54) is 11.3 Å². The molecule has 1 rings (SSSR count). The summed E-state index contributed by atoms with van der Waals surface area (Å²) >= 11 is 1.22. The largest absolute Gasteiger partial charge is 0.326 e. The van der Waals surface area contributed by atoms with Gasteiger partial charge in [-0.2, -0.15) is 0 Å². The molecule has 10 heavy (non-hydrogen) atoms. The summed E-state index contributed by atoms with van der Waals surface area (Å²) in [7, 11) is 1.76. The maximum absolute atomic E-state index is 10.9. The minimum absolute atomic E-state index is 0.0675. The van der Waals surface area contributed by atoms with E-state index in [2.05, 4.69) is 0 Å². The maximum Gasteiger partial charge on any atom is 0.307 e. The number of rotatable bonds is 1. The Labute approximate surface area is 63.1 Å². The van der Waals surface area contributed by atoms with Gasteiger partial charge in [0.05, 0.1) is 0 Å². The predicted molar refractivity (Wildman–Crippen MR) is 42.2 cm³/mol. The number of nitrogens with two attached hydrogens (primary N) is 1. The van der Waals surface area contributed by atoms with Crippen molar-refractivity contribution < 1.29 is 0 Å². The molecule has 4 heteroatoms. The van der Waals surface area contributed by atoms with E-state index in [-0.39, 0.29) is 4.87 Å². The van der Waals surface area contributed by atoms with Crippen LogP contribution in [0.25, 0.3) is 0 Å². The molecule has 0 saturated carbocycles. The Hall–Kier alpha value is -0.610. The molecule has 0 spiro atoms. The normalized spacial score (nSPS) is 10.3. The first-order valence-corrected chi connectivity index (χ1v) is 3.84. The van der Waals surface area contributed by atoms with Gasteiger partial charge < -0.3 is 10.3 Å². The van der Waals surface area contributed by atoms with Crippen molar-refractivity contribution in [3.63, 3.8) is 0 Å². The van der Waals surface area contributed by atoms with Crippen LogP contribution >= 0.6 is 11.3 Å². The molecule has 1 heterocycles. The molecule has 0 aliphatic carbocycles. The third-order valence-electron chi connectivity index (χ3n) is 1.58. The van der Waals surface area contributed by atoms with E-state index in [0.29, 0.717) is 6.54 Å². The first-order chi connectivity index (χ1) is 4.66. The quantitative estimate of drug-likeness (QED) is 0.635. The highest BCUT2D eigenvalue weighted by molar-refractivity contribution is 7.09. The fourth-order valence-electron chi connectivity index (χ4n) is 0.761. The molecule has 1 aromatic heterocycles. The lowest BCUT2D eigenvalue weighted by molar-refractivity contribution is 0.839. The Morgan fingerprint density at radius 2 is 2.30 bits per heavy atom. The zero-order chi connectivity index (χ0) is 7.72. The lowest BCUT2D eigenvalue weighted by Gasteiger charge is -1.93. The Balaban J connectivity index is 3.31. The number of aromatic nitrogens is 1. The van der Waals surface area contributed by atoms with E-state index in [1.807, 2.05) is 6.92 Å². The SMILES string of the molecule is Cc1c(CN)sc(=O)n1C. The summed E-state index contributed by atoms with van der Waals surface area (Å²) in [4.78, 5) is 12.0. The monoisotopic (exact) mass is 158 g/mol. The number of thiazole rings is 1. The zero-order valence-electron chi connectivity index (χ0n) is 6.05. The van der Waals surface area contributed by atoms with Crippen LogP contribution in [0.3, 0.4) is 0 Å². The molecule has 0 aliphatic heterocycles. The highest BCUT2D eigenvalue weighted by atomic mass is 32.1. The van der Waals surface area contributed by atoms with Crippen molar-refractivity contribution in [2.75, 3.05) is 0 Å². The van der Waals surface area contributed by atoms with Crippen molar-refractivity contribution in [1.29, 1.82) is 0 Å². The first-order valence-electron chi connectivity index (χ1n) is 3.02. The topological polar surface area (TPSA) is 48.0 Å². The molecule has 0 aromatic carbocycles. The Morgan fingerprint density at radius 3 is 2.50 bits per heavy atom. The number of nitrogens with zero attached hydrogens (tertiary/aromatic N) is 1. The molecule has 3 nitrogen and oxygen atoms in total. The van der Waals surface area contributed by atoms with Crippen molar-refractivity contribution >= 4 is 11.3 Å². The Kier molecular flexibility index (Phi) is 1.92. The van der Waals surface area contributed by atoms with Gasteiger partial charge in [-0.15, -0.1) is 0 Å². The van der Waals surface area contributed by atoms with Crippen LogP contribution < -0.4 is 10.6 Å². The molecule has 56 valence electrons. The van der Waals surface area contributed by atoms with Gasteiger partial charge in [0.15, 0.2) is 0 Å². The standard InChI is InChI=1S/C6H10N2OS/c1-4-5(3-7)10-6(9)8(4)2/h3,7H2,1-2H3. The fraction of sp³-hybridized carbons (Fsp3) is 0.500. The van der Waals surface area contributed by atoms with Crippen LogP contribution in [0.1, 0.15) is 10.6 Å². The average Bonchev–Trinajstić information content (AvgIpc) is 2.17. The van der Waals surface area contributed by atoms with Crippen LogP contribution in [0.4, 0.5) is 0 Å². The van der Waals surface area contributed by atoms with Crippen LogP contribution in [-0.2, 0) is 13.6 Å². The van der Waals surface area contributed by atoms with E-state index in [4.69, 9.17) is 5.73 Å². The van der Waals surface area contributed by atoms with Crippen LogP contribution in [0.15, 0.2) is 4.79 Å². The Morgan fingerprint density at radius 1 is 1.70 bits per heavy atom. The second kappa shape index (κ2) is 2.56. The van der Waals surface area contributed by atoms with Crippen LogP contribution in [0, 0.1) is 6.92 Å². The number of hydrogen-bond donors (Lipinski definition) is 1. The lowest BCUT2D eigenvalue weighted by atomic mass is 10.4. The van der Waals surface area contributed by atoms with Gasteiger partial charge in [-0.1, -0.05) is 11.3 Å². The van der Waals surface area contributed by atoms with Gasteiger partial charge in [-0.25, -0.2) is 0 Å². The zero-order valence-corrected chi connectivity index (χ0v) is 6.86. The highest BCUT2D eigenvalue weighted by Crippen LogP contribution is 2.07. The van der Waals surface area contributed by atoms with Crippen LogP contribution in [0.5, 0.6) is 0 Å². The van der Waals surface area contributed by atoms with E-state index < -0.39 is 0 Å². The summed E-state index contributed by atoms with van der Waals surface area (Å²) in [6, 6.07) is 0. The van der Waals surface area contributed by atoms with Gasteiger partial charge >= 0.3 is 4.87 Å². The Bertz CT molecular complexity index is 286. The first kappa shape index (κ1) is 7.50. The second-order valence-corrected chi connectivity index (χ2v) is 3.19. The molecule has 2 N–H and O–H groups in total. The molecule has 0 amide bonds. The van der Waals surface area contributed by atoms with Gasteiger partial charge in [0.1, 0.15) is 0 Å². The van der Waals surface area contributed by atoms with Crippen molar-refractivity contribution in [3.05, 3.63) is 20.2 Å². The number of hydrogen-bond acceptors (Lipinski definition) is 3. The lowest BCUT2D eigenvalue weighted by Crippen LogP contribution is -2.08. The van der Waals surface area contributed by atoms with Crippen molar-refractivity contribution in [3.8, 4) is 0 Å². The molecular formula is C6H10N2OS. The van der Waals surface area contributed by atoms with E-state index >= 15 is 0 Å². The second-order valence-electron chi connectivity index (χ2n) is 2.14. The summed E-state index contributed by atoms with van der Waals surface area (Å²) < 4.78 is 1.62. The molecule has 0 unspecified atom stereocenters. The van der Waals surface area contributed by atoms with E-state index in [0.717, 1.165) is 10.6 Å². The summed E-state index contributed by atoms with van der Waals surface area (Å²) in [5.41, 5.74) is 6.37. The van der Waals surface area contributed by atoms with Gasteiger partial charge in [0.25, 0.3) is 0 Å². The van der Waals surface area contributed by atoms with Crippen molar-refractivity contribution in [2.24, 2.45) is 12.8 Å². The third kappa shape index (κ3) is 0.998. The predicted octanol–water partition coefficient (Wildman–Crippen LogP) is 0.214. The van der Waals surface area contributed by atoms with Crippen molar-refractivity contribution in [1.82, 2.24) is 4.57 Å². The molecular weight excluding hydrogens is 148 g/mol. The van der Waals surface area contributed by atoms with E-state index in [1.54, 1.807) is 11.6 Å². The molecule has 0 saturated heterocycles. The molecule has 0 atom stereocenters. The van der Waals surface area contributed by atoms with Crippen LogP contribution in [0.2, 0.25) is 0 Å². The van der Waals surface area contributed by atoms with Crippen LogP contribution in [-0.4, -0.2) is 4.57 Å². The minimum atomic E-state index is 0.0675. The molecule has 0 bridgehead atoms. The smallest absolute Gasteiger partial charge is 0.307 e. The fourth-order valence-corrected chi connectivity index (χ4v) is 1.61. The highest BCUT2D eigenvalue weighted by Gasteiger charge is 2.04.